The minimum absolute atomic E-state index is 0.972. The lowest BCUT2D eigenvalue weighted by Crippen LogP contribution is -2.50. The number of hydrogen-bond donors (Lipinski definition) is 0. The molecular weight excluding hydrogens is 743 g/mol. The summed E-state index contributed by atoms with van der Waals surface area (Å²) < 4.78 is 1.49. The van der Waals surface area contributed by atoms with E-state index in [1.54, 1.807) is 0 Å². The standard InChI is InChI=1S/C56H116N.C2H4O2/c1-5-9-13-17-21-25-29-33-37-41-45-49-53-57(54-50-46-42-38-34-30-26-22-18-14-10-6-2,55-51-47-43-39-35-31-27-23-19-15-11-7-3)56-52-48-44-40-36-32-28-24-20-16-12-8-4;1-2(3)4/h5-56H2,1-4H3;1H3,(H,3,4)/q+1;/p-1. The van der Waals surface area contributed by atoms with E-state index in [0.29, 0.717) is 0 Å². The molecule has 0 aliphatic carbocycles. The molecule has 0 N–H and O–H groups in total. The van der Waals surface area contributed by atoms with Gasteiger partial charge in [-0.3, -0.25) is 0 Å². The number of carbonyl (C=O) groups excluding carboxylic acids is 1. The first-order chi connectivity index (χ1) is 30.0. The molecule has 3 nitrogen and oxygen atoms in total. The number of carboxylic acid groups (broad SMARTS) is 1. The number of quaternary nitrogens is 1. The van der Waals surface area contributed by atoms with Crippen LogP contribution in [0.4, 0.5) is 0 Å². The SMILES string of the molecule is CC(=O)[O-].CCCCCCCCCCCCCC[N+](CCCCCCCCCCCCCC)(CCCCCCCCCCCCCC)CCCCCCCCCCCCCC. The molecule has 0 aromatic rings. The minimum atomic E-state index is -1.08. The molecule has 0 rings (SSSR count). The fourth-order valence-electron chi connectivity index (χ4n) is 9.82. The maximum atomic E-state index is 8.89. The molecule has 0 amide bonds. The van der Waals surface area contributed by atoms with Gasteiger partial charge in [-0.1, -0.05) is 285 Å². The molecule has 0 saturated heterocycles. The predicted octanol–water partition coefficient (Wildman–Crippen LogP) is 19.4. The Kier molecular flexibility index (Phi) is 56.9. The summed E-state index contributed by atoms with van der Waals surface area (Å²) in [5.74, 6) is -1.08. The zero-order valence-corrected chi connectivity index (χ0v) is 43.5. The predicted molar refractivity (Wildman–Crippen MR) is 275 cm³/mol. The fourth-order valence-corrected chi connectivity index (χ4v) is 9.82. The Morgan fingerprint density at radius 2 is 0.344 bits per heavy atom. The number of carboxylic acids is 1. The van der Waals surface area contributed by atoms with Crippen LogP contribution in [0, 0.1) is 0 Å². The third kappa shape index (κ3) is 55.5. The molecule has 3 heteroatoms. The van der Waals surface area contributed by atoms with Crippen molar-refractivity contribution in [2.24, 2.45) is 0 Å². The van der Waals surface area contributed by atoms with E-state index in [9.17, 15) is 0 Å². The number of rotatable bonds is 52. The van der Waals surface area contributed by atoms with Gasteiger partial charge < -0.3 is 14.4 Å². The number of hydrogen-bond acceptors (Lipinski definition) is 2. The molecule has 0 spiro atoms. The summed E-state index contributed by atoms with van der Waals surface area (Å²) in [6, 6.07) is 0. The van der Waals surface area contributed by atoms with Crippen LogP contribution >= 0.6 is 0 Å². The molecule has 0 aliphatic heterocycles. The summed E-state index contributed by atoms with van der Waals surface area (Å²) in [6.07, 6.45) is 70.7. The van der Waals surface area contributed by atoms with Crippen LogP contribution in [0.1, 0.15) is 343 Å². The first-order valence-corrected chi connectivity index (χ1v) is 29.0. The van der Waals surface area contributed by atoms with Gasteiger partial charge in [-0.15, -0.1) is 0 Å². The average Bonchev–Trinajstić information content (AvgIpc) is 3.25. The quantitative estimate of drug-likeness (QED) is 0.0451. The number of unbranched alkanes of at least 4 members (excludes halogenated alkanes) is 44. The lowest BCUT2D eigenvalue weighted by atomic mass is 10.0. The second-order valence-corrected chi connectivity index (χ2v) is 20.3. The first kappa shape index (κ1) is 62.5. The molecule has 0 heterocycles. The average molecular weight is 863 g/mol. The Hall–Kier alpha value is -0.570. The summed E-state index contributed by atoms with van der Waals surface area (Å²) >= 11 is 0. The van der Waals surface area contributed by atoms with Gasteiger partial charge in [0.2, 0.25) is 0 Å². The fraction of sp³-hybridized carbons (Fsp3) is 0.983. The zero-order valence-electron chi connectivity index (χ0n) is 43.5. The summed E-state index contributed by atoms with van der Waals surface area (Å²) in [4.78, 5) is 8.89. The Morgan fingerprint density at radius 3 is 0.459 bits per heavy atom. The van der Waals surface area contributed by atoms with Gasteiger partial charge in [0.05, 0.1) is 26.2 Å². The molecule has 0 unspecified atom stereocenters. The van der Waals surface area contributed by atoms with Gasteiger partial charge >= 0.3 is 0 Å². The van der Waals surface area contributed by atoms with Crippen LogP contribution in [0.3, 0.4) is 0 Å². The van der Waals surface area contributed by atoms with Crippen molar-refractivity contribution in [3.8, 4) is 0 Å². The highest BCUT2D eigenvalue weighted by Gasteiger charge is 2.25. The van der Waals surface area contributed by atoms with Crippen LogP contribution in [0.15, 0.2) is 0 Å². The molecule has 368 valence electrons. The summed E-state index contributed by atoms with van der Waals surface area (Å²) in [7, 11) is 0. The number of carbonyl (C=O) groups is 1. The molecule has 0 fully saturated rings. The maximum Gasteiger partial charge on any atom is 0.0786 e. The van der Waals surface area contributed by atoms with Crippen LogP contribution in [0.5, 0.6) is 0 Å². The normalized spacial score (nSPS) is 11.6. The van der Waals surface area contributed by atoms with Gasteiger partial charge in [-0.25, -0.2) is 0 Å². The Morgan fingerprint density at radius 1 is 0.246 bits per heavy atom. The van der Waals surface area contributed by atoms with Crippen molar-refractivity contribution in [3.63, 3.8) is 0 Å². The maximum absolute atomic E-state index is 8.89. The van der Waals surface area contributed by atoms with Crippen LogP contribution in [0.25, 0.3) is 0 Å². The van der Waals surface area contributed by atoms with Crippen molar-refractivity contribution >= 4 is 5.97 Å². The smallest absolute Gasteiger partial charge is 0.0786 e. The van der Waals surface area contributed by atoms with Crippen LogP contribution < -0.4 is 5.11 Å². The topological polar surface area (TPSA) is 40.1 Å². The molecule has 0 saturated carbocycles. The van der Waals surface area contributed by atoms with Crippen molar-refractivity contribution in [1.29, 1.82) is 0 Å². The third-order valence-electron chi connectivity index (χ3n) is 13.9. The van der Waals surface area contributed by atoms with Crippen molar-refractivity contribution < 1.29 is 14.4 Å². The van der Waals surface area contributed by atoms with Gasteiger partial charge in [0, 0.05) is 5.97 Å². The first-order valence-electron chi connectivity index (χ1n) is 29.0. The number of aliphatic carboxylic acids is 1. The second-order valence-electron chi connectivity index (χ2n) is 20.3. The third-order valence-corrected chi connectivity index (χ3v) is 13.9. The molecular formula is C58H119NO2. The van der Waals surface area contributed by atoms with E-state index in [4.69, 9.17) is 9.90 Å². The Labute approximate surface area is 387 Å². The van der Waals surface area contributed by atoms with Gasteiger partial charge in [-0.05, 0) is 58.3 Å². The monoisotopic (exact) mass is 862 g/mol. The molecule has 0 bridgehead atoms. The van der Waals surface area contributed by atoms with Crippen molar-refractivity contribution in [2.45, 2.75) is 343 Å². The molecule has 0 aromatic heterocycles. The van der Waals surface area contributed by atoms with E-state index in [-0.39, 0.29) is 0 Å². The lowest BCUT2D eigenvalue weighted by Gasteiger charge is -2.40. The highest BCUT2D eigenvalue weighted by Crippen LogP contribution is 2.22. The van der Waals surface area contributed by atoms with Crippen LogP contribution in [0.2, 0.25) is 0 Å². The lowest BCUT2D eigenvalue weighted by molar-refractivity contribution is -0.929. The second kappa shape index (κ2) is 55.6. The minimum Gasteiger partial charge on any atom is -0.550 e. The zero-order chi connectivity index (χ0) is 44.8. The molecule has 0 atom stereocenters. The van der Waals surface area contributed by atoms with E-state index in [1.165, 1.54) is 339 Å². The number of nitrogens with zero attached hydrogens (tertiary/aromatic N) is 1. The van der Waals surface area contributed by atoms with E-state index in [2.05, 4.69) is 27.7 Å². The largest absolute Gasteiger partial charge is 0.550 e. The summed E-state index contributed by atoms with van der Waals surface area (Å²) in [6.45, 7) is 16.3. The highest BCUT2D eigenvalue weighted by atomic mass is 16.4. The van der Waals surface area contributed by atoms with Crippen LogP contribution in [-0.4, -0.2) is 36.6 Å². The molecule has 0 radical (unpaired) electrons. The van der Waals surface area contributed by atoms with Crippen molar-refractivity contribution in [3.05, 3.63) is 0 Å². The summed E-state index contributed by atoms with van der Waals surface area (Å²) in [5, 5.41) is 8.89. The molecule has 0 aromatic carbocycles. The van der Waals surface area contributed by atoms with E-state index in [1.807, 2.05) is 0 Å². The van der Waals surface area contributed by atoms with Gasteiger partial charge in [-0.2, -0.15) is 0 Å². The van der Waals surface area contributed by atoms with Gasteiger partial charge in [0.25, 0.3) is 0 Å². The summed E-state index contributed by atoms with van der Waals surface area (Å²) in [5.41, 5.74) is 0. The van der Waals surface area contributed by atoms with Gasteiger partial charge in [0.15, 0.2) is 0 Å². The van der Waals surface area contributed by atoms with E-state index >= 15 is 0 Å². The molecule has 61 heavy (non-hydrogen) atoms. The van der Waals surface area contributed by atoms with Crippen LogP contribution in [-0.2, 0) is 4.79 Å². The van der Waals surface area contributed by atoms with E-state index in [0.717, 1.165) is 6.92 Å². The van der Waals surface area contributed by atoms with Gasteiger partial charge in [0.1, 0.15) is 0 Å². The highest BCUT2D eigenvalue weighted by molar-refractivity contribution is 5.60. The van der Waals surface area contributed by atoms with E-state index < -0.39 is 5.97 Å². The van der Waals surface area contributed by atoms with Crippen molar-refractivity contribution in [2.75, 3.05) is 26.2 Å². The molecule has 0 aliphatic rings. The Bertz CT molecular complexity index is 661. The van der Waals surface area contributed by atoms with Crippen molar-refractivity contribution in [1.82, 2.24) is 0 Å². The Balaban J connectivity index is 0.